The van der Waals surface area contributed by atoms with Crippen LogP contribution in [0, 0.1) is 0 Å². The van der Waals surface area contributed by atoms with Gasteiger partial charge in [-0.05, 0) is 6.92 Å². The Balaban J connectivity index is 1.89. The molecule has 10 N–H and O–H groups in total. The third-order valence-electron chi connectivity index (χ3n) is 6.46. The molecule has 0 aromatic rings. The summed E-state index contributed by atoms with van der Waals surface area (Å²) in [6, 6.07) is -1.39. The highest BCUT2D eigenvalue weighted by atomic mass is 16.8. The molecule has 3 saturated heterocycles. The Hall–Kier alpha value is -1.09. The predicted octanol–water partition coefficient (Wildman–Crippen LogP) is -6.40. The summed E-state index contributed by atoms with van der Waals surface area (Å²) in [5.74, 6) is -0.632. The van der Waals surface area contributed by atoms with Crippen LogP contribution in [0.1, 0.15) is 13.8 Å². The third-order valence-corrected chi connectivity index (χ3v) is 6.46. The summed E-state index contributed by atoms with van der Waals surface area (Å²) in [6.07, 6.45) is -22.2. The van der Waals surface area contributed by atoms with E-state index in [0.29, 0.717) is 0 Å². The molecule has 210 valence electrons. The molecule has 3 rings (SSSR count). The molecule has 16 nitrogen and oxygen atoms in total. The van der Waals surface area contributed by atoms with Crippen molar-refractivity contribution in [3.8, 4) is 0 Å². The van der Waals surface area contributed by atoms with Crippen LogP contribution in [0.5, 0.6) is 0 Å². The van der Waals surface area contributed by atoms with Crippen molar-refractivity contribution >= 4 is 5.91 Å². The Morgan fingerprint density at radius 3 is 1.89 bits per heavy atom. The van der Waals surface area contributed by atoms with Gasteiger partial charge in [0, 0.05) is 6.92 Å². The minimum absolute atomic E-state index is 0.632. The molecule has 0 saturated carbocycles. The molecular weight excluding hydrogens is 494 g/mol. The maximum atomic E-state index is 11.7. The van der Waals surface area contributed by atoms with Crippen LogP contribution >= 0.6 is 0 Å². The number of ether oxygens (including phenoxy) is 5. The average Bonchev–Trinajstić information content (AvgIpc) is 2.83. The maximum Gasteiger partial charge on any atom is 0.217 e. The normalized spacial score (nSPS) is 50.0. The van der Waals surface area contributed by atoms with E-state index in [1.54, 1.807) is 0 Å². The standard InChI is InChI=1S/C20H35NO15/c1-5-10(25)13(28)15(30)19(32-5)36-17-14(29)11(26)7(3-22)34-20(17)35-16-9(21-6(2)24)18(31)33-8(4-23)12(16)27/h5,7-20,22-23,25-31H,3-4H2,1-2H3,(H,21,24)/t5-,7+,8+,9+,10+,11-,12-,13+,14-,15-,16+,17+,18+,19-,20-/m0/s1. The van der Waals surface area contributed by atoms with E-state index >= 15 is 0 Å². The van der Waals surface area contributed by atoms with Gasteiger partial charge in [0.25, 0.3) is 0 Å². The van der Waals surface area contributed by atoms with Crippen molar-refractivity contribution in [2.45, 2.75) is 106 Å². The van der Waals surface area contributed by atoms with Gasteiger partial charge in [-0.1, -0.05) is 0 Å². The van der Waals surface area contributed by atoms with E-state index < -0.39 is 111 Å². The van der Waals surface area contributed by atoms with Crippen LogP contribution in [0.3, 0.4) is 0 Å². The van der Waals surface area contributed by atoms with E-state index in [9.17, 15) is 50.8 Å². The summed E-state index contributed by atoms with van der Waals surface area (Å²) in [7, 11) is 0. The lowest BCUT2D eigenvalue weighted by atomic mass is 9.95. The molecule has 3 fully saturated rings. The molecule has 1 amide bonds. The van der Waals surface area contributed by atoms with Crippen molar-refractivity contribution in [3.05, 3.63) is 0 Å². The fourth-order valence-electron chi connectivity index (χ4n) is 4.38. The molecule has 0 aliphatic carbocycles. The van der Waals surface area contributed by atoms with Crippen LogP contribution in [0.2, 0.25) is 0 Å². The number of amides is 1. The van der Waals surface area contributed by atoms with Crippen molar-refractivity contribution in [2.75, 3.05) is 13.2 Å². The van der Waals surface area contributed by atoms with Gasteiger partial charge in [-0.2, -0.15) is 0 Å². The Labute approximate surface area is 205 Å². The smallest absolute Gasteiger partial charge is 0.217 e. The molecule has 0 radical (unpaired) electrons. The first-order valence-electron chi connectivity index (χ1n) is 11.4. The first-order valence-corrected chi connectivity index (χ1v) is 11.4. The molecule has 0 unspecified atom stereocenters. The fourth-order valence-corrected chi connectivity index (χ4v) is 4.38. The first-order chi connectivity index (χ1) is 16.9. The lowest BCUT2D eigenvalue weighted by Gasteiger charge is -2.48. The Bertz CT molecular complexity index is 731. The summed E-state index contributed by atoms with van der Waals surface area (Å²) in [6.45, 7) is 1.00. The van der Waals surface area contributed by atoms with E-state index in [1.807, 2.05) is 0 Å². The van der Waals surface area contributed by atoms with Crippen molar-refractivity contribution in [2.24, 2.45) is 0 Å². The minimum Gasteiger partial charge on any atom is -0.394 e. The summed E-state index contributed by atoms with van der Waals surface area (Å²) < 4.78 is 27.4. The van der Waals surface area contributed by atoms with E-state index in [4.69, 9.17) is 23.7 Å². The molecule has 3 aliphatic rings. The number of carbonyl (C=O) groups excluding carboxylic acids is 1. The van der Waals surface area contributed by atoms with E-state index in [1.165, 1.54) is 6.92 Å². The number of aliphatic hydroxyl groups excluding tert-OH is 9. The summed E-state index contributed by atoms with van der Waals surface area (Å²) in [5, 5.41) is 93.8. The molecular formula is C20H35NO15. The Kier molecular flexibility index (Phi) is 9.97. The van der Waals surface area contributed by atoms with Gasteiger partial charge in [0.05, 0.1) is 19.3 Å². The van der Waals surface area contributed by atoms with Gasteiger partial charge in [-0.25, -0.2) is 0 Å². The Morgan fingerprint density at radius 2 is 1.31 bits per heavy atom. The largest absolute Gasteiger partial charge is 0.394 e. The lowest BCUT2D eigenvalue weighted by Crippen LogP contribution is -2.68. The van der Waals surface area contributed by atoms with Crippen LogP contribution in [0.15, 0.2) is 0 Å². The SMILES string of the molecule is CC(=O)N[C@@H]1[C@@H](O[C@@H]2O[C@H](CO)[C@H](O)[C@H](O)[C@H]2O[C@@H]2O[C@@H](C)[C@@H](O)[C@@H](O)[C@@H]2O)[C@@H](O)[C@@H](CO)O[C@H]1O. The zero-order chi connectivity index (χ0) is 26.9. The first kappa shape index (κ1) is 29.5. The van der Waals surface area contributed by atoms with E-state index in [0.717, 1.165) is 6.92 Å². The van der Waals surface area contributed by atoms with Crippen LogP contribution in [0.4, 0.5) is 0 Å². The number of carbonyl (C=O) groups is 1. The molecule has 36 heavy (non-hydrogen) atoms. The lowest BCUT2D eigenvalue weighted by molar-refractivity contribution is -0.380. The highest BCUT2D eigenvalue weighted by molar-refractivity contribution is 5.73. The zero-order valence-corrected chi connectivity index (χ0v) is 19.5. The molecule has 3 heterocycles. The van der Waals surface area contributed by atoms with Crippen LogP contribution in [-0.4, -0.2) is 157 Å². The van der Waals surface area contributed by atoms with Crippen LogP contribution in [-0.2, 0) is 28.5 Å². The monoisotopic (exact) mass is 529 g/mol. The molecule has 0 aromatic heterocycles. The summed E-state index contributed by atoms with van der Waals surface area (Å²) >= 11 is 0. The molecule has 3 aliphatic heterocycles. The average molecular weight is 529 g/mol. The molecule has 0 bridgehead atoms. The molecule has 0 spiro atoms. The maximum absolute atomic E-state index is 11.7. The number of hydrogen-bond donors (Lipinski definition) is 10. The summed E-state index contributed by atoms with van der Waals surface area (Å²) in [5.41, 5.74) is 0. The van der Waals surface area contributed by atoms with E-state index in [-0.39, 0.29) is 0 Å². The van der Waals surface area contributed by atoms with Crippen LogP contribution < -0.4 is 5.32 Å². The van der Waals surface area contributed by atoms with Gasteiger partial charge in [0.2, 0.25) is 5.91 Å². The fraction of sp³-hybridized carbons (Fsp3) is 0.950. The van der Waals surface area contributed by atoms with Crippen molar-refractivity contribution in [1.82, 2.24) is 5.32 Å². The highest BCUT2D eigenvalue weighted by Crippen LogP contribution is 2.32. The Morgan fingerprint density at radius 1 is 0.722 bits per heavy atom. The predicted molar refractivity (Wildman–Crippen MR) is 111 cm³/mol. The van der Waals surface area contributed by atoms with Gasteiger partial charge >= 0.3 is 0 Å². The number of hydrogen-bond acceptors (Lipinski definition) is 15. The number of aliphatic hydroxyl groups is 9. The molecule has 15 atom stereocenters. The van der Waals surface area contributed by atoms with Gasteiger partial charge in [0.15, 0.2) is 18.9 Å². The molecule has 16 heteroatoms. The quantitative estimate of drug-likeness (QED) is 0.147. The zero-order valence-electron chi connectivity index (χ0n) is 19.5. The second-order valence-corrected chi connectivity index (χ2v) is 9.05. The second kappa shape index (κ2) is 12.2. The highest BCUT2D eigenvalue weighted by Gasteiger charge is 2.53. The van der Waals surface area contributed by atoms with Gasteiger partial charge < -0.3 is 75.0 Å². The minimum atomic E-state index is -1.83. The second-order valence-electron chi connectivity index (χ2n) is 9.05. The third kappa shape index (κ3) is 5.97. The van der Waals surface area contributed by atoms with Gasteiger partial charge in [0.1, 0.15) is 67.1 Å². The van der Waals surface area contributed by atoms with Crippen molar-refractivity contribution < 1.29 is 74.4 Å². The topological polar surface area (TPSA) is 257 Å². The van der Waals surface area contributed by atoms with Crippen molar-refractivity contribution in [1.29, 1.82) is 0 Å². The number of nitrogens with one attached hydrogen (secondary N) is 1. The van der Waals surface area contributed by atoms with E-state index in [2.05, 4.69) is 5.32 Å². The van der Waals surface area contributed by atoms with Crippen LogP contribution in [0.25, 0.3) is 0 Å². The van der Waals surface area contributed by atoms with Crippen molar-refractivity contribution in [3.63, 3.8) is 0 Å². The summed E-state index contributed by atoms with van der Waals surface area (Å²) in [4.78, 5) is 11.7. The van der Waals surface area contributed by atoms with Gasteiger partial charge in [-0.3, -0.25) is 4.79 Å². The van der Waals surface area contributed by atoms with Gasteiger partial charge in [-0.15, -0.1) is 0 Å². The molecule has 0 aromatic carbocycles. The number of rotatable bonds is 7.